The van der Waals surface area contributed by atoms with Gasteiger partial charge in [0.2, 0.25) is 0 Å². The number of hydrogen-bond donors (Lipinski definition) is 1. The number of benzene rings is 2. The second-order valence-corrected chi connectivity index (χ2v) is 5.24. The minimum absolute atomic E-state index is 0.213. The SMILES string of the molecule is Cc1ccc(NCc2cc(F)ccc2Br)cc1C. The summed E-state index contributed by atoms with van der Waals surface area (Å²) in [6, 6.07) is 10.9. The maximum absolute atomic E-state index is 13.1. The highest BCUT2D eigenvalue weighted by Crippen LogP contribution is 2.20. The Morgan fingerprint density at radius 2 is 1.83 bits per heavy atom. The number of nitrogens with one attached hydrogen (secondary N) is 1. The number of aryl methyl sites for hydroxylation is 2. The topological polar surface area (TPSA) is 12.0 Å². The summed E-state index contributed by atoms with van der Waals surface area (Å²) in [6.45, 7) is 4.77. The summed E-state index contributed by atoms with van der Waals surface area (Å²) < 4.78 is 14.1. The van der Waals surface area contributed by atoms with Gasteiger partial charge in [-0.2, -0.15) is 0 Å². The minimum Gasteiger partial charge on any atom is -0.381 e. The first kappa shape index (κ1) is 13.1. The fourth-order valence-corrected chi connectivity index (χ4v) is 2.11. The van der Waals surface area contributed by atoms with Gasteiger partial charge in [0.25, 0.3) is 0 Å². The molecular formula is C15H15BrFN. The minimum atomic E-state index is -0.213. The molecular weight excluding hydrogens is 293 g/mol. The zero-order chi connectivity index (χ0) is 13.1. The van der Waals surface area contributed by atoms with Crippen LogP contribution in [0.4, 0.5) is 10.1 Å². The predicted octanol–water partition coefficient (Wildman–Crippen LogP) is 4.82. The summed E-state index contributed by atoms with van der Waals surface area (Å²) in [7, 11) is 0. The summed E-state index contributed by atoms with van der Waals surface area (Å²) in [5.74, 6) is -0.213. The second-order valence-electron chi connectivity index (χ2n) is 4.39. The lowest BCUT2D eigenvalue weighted by atomic mass is 10.1. The van der Waals surface area contributed by atoms with Crippen LogP contribution in [0.25, 0.3) is 0 Å². The van der Waals surface area contributed by atoms with Gasteiger partial charge in [-0.05, 0) is 60.9 Å². The van der Waals surface area contributed by atoms with E-state index < -0.39 is 0 Å². The molecule has 1 N–H and O–H groups in total. The highest BCUT2D eigenvalue weighted by atomic mass is 79.9. The molecule has 0 aromatic heterocycles. The molecule has 0 spiro atoms. The van der Waals surface area contributed by atoms with Crippen LogP contribution in [0.3, 0.4) is 0 Å². The van der Waals surface area contributed by atoms with E-state index in [1.54, 1.807) is 6.07 Å². The summed E-state index contributed by atoms with van der Waals surface area (Å²) in [4.78, 5) is 0. The fourth-order valence-electron chi connectivity index (χ4n) is 1.73. The predicted molar refractivity (Wildman–Crippen MR) is 77.3 cm³/mol. The molecule has 0 radical (unpaired) electrons. The van der Waals surface area contributed by atoms with Gasteiger partial charge in [0.05, 0.1) is 0 Å². The van der Waals surface area contributed by atoms with Gasteiger partial charge in [0.15, 0.2) is 0 Å². The Morgan fingerprint density at radius 1 is 1.06 bits per heavy atom. The Hall–Kier alpha value is -1.35. The molecule has 0 saturated carbocycles. The lowest BCUT2D eigenvalue weighted by Gasteiger charge is -2.10. The molecule has 94 valence electrons. The normalized spacial score (nSPS) is 10.4. The number of hydrogen-bond acceptors (Lipinski definition) is 1. The largest absolute Gasteiger partial charge is 0.381 e. The number of anilines is 1. The van der Waals surface area contributed by atoms with Crippen LogP contribution in [0.15, 0.2) is 40.9 Å². The third-order valence-electron chi connectivity index (χ3n) is 3.00. The van der Waals surface area contributed by atoms with Crippen molar-refractivity contribution < 1.29 is 4.39 Å². The van der Waals surface area contributed by atoms with Crippen molar-refractivity contribution in [2.75, 3.05) is 5.32 Å². The summed E-state index contributed by atoms with van der Waals surface area (Å²) in [6.07, 6.45) is 0. The van der Waals surface area contributed by atoms with E-state index in [1.807, 2.05) is 6.07 Å². The van der Waals surface area contributed by atoms with Crippen molar-refractivity contribution in [3.8, 4) is 0 Å². The van der Waals surface area contributed by atoms with E-state index in [-0.39, 0.29) is 5.82 Å². The average molecular weight is 308 g/mol. The lowest BCUT2D eigenvalue weighted by Crippen LogP contribution is -2.01. The molecule has 0 saturated heterocycles. The van der Waals surface area contributed by atoms with Crippen LogP contribution in [-0.4, -0.2) is 0 Å². The smallest absolute Gasteiger partial charge is 0.123 e. The van der Waals surface area contributed by atoms with Crippen LogP contribution in [-0.2, 0) is 6.54 Å². The van der Waals surface area contributed by atoms with Gasteiger partial charge in [0, 0.05) is 16.7 Å². The van der Waals surface area contributed by atoms with Gasteiger partial charge in [-0.25, -0.2) is 4.39 Å². The summed E-state index contributed by atoms with van der Waals surface area (Å²) >= 11 is 3.42. The van der Waals surface area contributed by atoms with Gasteiger partial charge in [-0.1, -0.05) is 22.0 Å². The Morgan fingerprint density at radius 3 is 2.56 bits per heavy atom. The standard InChI is InChI=1S/C15H15BrFN/c1-10-3-5-14(7-11(10)2)18-9-12-8-13(17)4-6-15(12)16/h3-8,18H,9H2,1-2H3. The fraction of sp³-hybridized carbons (Fsp3) is 0.200. The average Bonchev–Trinajstić information content (AvgIpc) is 2.34. The second kappa shape index (κ2) is 5.53. The number of rotatable bonds is 3. The molecule has 0 aliphatic heterocycles. The maximum Gasteiger partial charge on any atom is 0.123 e. The monoisotopic (exact) mass is 307 g/mol. The van der Waals surface area contributed by atoms with Gasteiger partial charge >= 0.3 is 0 Å². The van der Waals surface area contributed by atoms with Gasteiger partial charge in [-0.3, -0.25) is 0 Å². The number of halogens is 2. The van der Waals surface area contributed by atoms with Crippen molar-refractivity contribution in [3.05, 3.63) is 63.4 Å². The highest BCUT2D eigenvalue weighted by molar-refractivity contribution is 9.10. The van der Waals surface area contributed by atoms with Crippen LogP contribution in [0.5, 0.6) is 0 Å². The van der Waals surface area contributed by atoms with Crippen molar-refractivity contribution in [2.24, 2.45) is 0 Å². The molecule has 0 fully saturated rings. The van der Waals surface area contributed by atoms with Crippen molar-refractivity contribution >= 4 is 21.6 Å². The Labute approximate surface area is 115 Å². The molecule has 0 unspecified atom stereocenters. The third kappa shape index (κ3) is 3.10. The first-order valence-corrected chi connectivity index (χ1v) is 6.60. The van der Waals surface area contributed by atoms with Crippen LogP contribution in [0, 0.1) is 19.7 Å². The third-order valence-corrected chi connectivity index (χ3v) is 3.77. The first-order valence-electron chi connectivity index (χ1n) is 5.81. The molecule has 1 nitrogen and oxygen atoms in total. The van der Waals surface area contributed by atoms with Crippen molar-refractivity contribution in [2.45, 2.75) is 20.4 Å². The van der Waals surface area contributed by atoms with E-state index in [0.29, 0.717) is 6.54 Å². The van der Waals surface area contributed by atoms with Crippen LogP contribution < -0.4 is 5.32 Å². The molecule has 3 heteroatoms. The van der Waals surface area contributed by atoms with E-state index in [1.165, 1.54) is 23.3 Å². The molecule has 0 bridgehead atoms. The van der Waals surface area contributed by atoms with E-state index in [9.17, 15) is 4.39 Å². The molecule has 18 heavy (non-hydrogen) atoms. The molecule has 2 rings (SSSR count). The first-order chi connectivity index (χ1) is 8.56. The maximum atomic E-state index is 13.1. The zero-order valence-corrected chi connectivity index (χ0v) is 12.0. The van der Waals surface area contributed by atoms with Crippen molar-refractivity contribution in [1.29, 1.82) is 0 Å². The molecule has 0 atom stereocenters. The quantitative estimate of drug-likeness (QED) is 0.857. The van der Waals surface area contributed by atoms with Crippen LogP contribution in [0.2, 0.25) is 0 Å². The molecule has 0 aliphatic rings. The van der Waals surface area contributed by atoms with Crippen molar-refractivity contribution in [1.82, 2.24) is 0 Å². The van der Waals surface area contributed by atoms with Crippen molar-refractivity contribution in [3.63, 3.8) is 0 Å². The molecule has 2 aromatic rings. The highest BCUT2D eigenvalue weighted by Gasteiger charge is 2.02. The lowest BCUT2D eigenvalue weighted by molar-refractivity contribution is 0.625. The Bertz CT molecular complexity index is 566. The van der Waals surface area contributed by atoms with E-state index >= 15 is 0 Å². The van der Waals surface area contributed by atoms with E-state index in [0.717, 1.165) is 15.7 Å². The van der Waals surface area contributed by atoms with Crippen LogP contribution >= 0.6 is 15.9 Å². The van der Waals surface area contributed by atoms with Gasteiger partial charge in [-0.15, -0.1) is 0 Å². The molecule has 2 aromatic carbocycles. The summed E-state index contributed by atoms with van der Waals surface area (Å²) in [5.41, 5.74) is 4.48. The molecule has 0 amide bonds. The zero-order valence-electron chi connectivity index (χ0n) is 10.4. The van der Waals surface area contributed by atoms with E-state index in [4.69, 9.17) is 0 Å². The van der Waals surface area contributed by atoms with Crippen LogP contribution in [0.1, 0.15) is 16.7 Å². The molecule has 0 aliphatic carbocycles. The molecule has 0 heterocycles. The van der Waals surface area contributed by atoms with Gasteiger partial charge < -0.3 is 5.32 Å². The Balaban J connectivity index is 2.11. The van der Waals surface area contributed by atoms with E-state index in [2.05, 4.69) is 47.2 Å². The summed E-state index contributed by atoms with van der Waals surface area (Å²) in [5, 5.41) is 3.30. The van der Waals surface area contributed by atoms with Gasteiger partial charge in [0.1, 0.15) is 5.82 Å². The Kier molecular flexibility index (Phi) is 4.02.